The molecule has 0 saturated carbocycles. The fraction of sp³-hybridized carbons (Fsp3) is 0.667. The van der Waals surface area contributed by atoms with E-state index in [0.717, 1.165) is 13.0 Å². The summed E-state index contributed by atoms with van der Waals surface area (Å²) >= 11 is 1.70. The van der Waals surface area contributed by atoms with Crippen molar-refractivity contribution < 1.29 is 9.53 Å². The van der Waals surface area contributed by atoms with E-state index in [1.807, 2.05) is 20.8 Å². The molecule has 0 radical (unpaired) electrons. The van der Waals surface area contributed by atoms with E-state index in [-0.39, 0.29) is 12.1 Å². The van der Waals surface area contributed by atoms with Crippen molar-refractivity contribution in [3.8, 4) is 0 Å². The van der Waals surface area contributed by atoms with E-state index in [0.29, 0.717) is 13.1 Å². The Kier molecular flexibility index (Phi) is 7.14. The first kappa shape index (κ1) is 17.9. The van der Waals surface area contributed by atoms with Crippen molar-refractivity contribution in [1.29, 1.82) is 0 Å². The maximum Gasteiger partial charge on any atom is 0.407 e. The van der Waals surface area contributed by atoms with Gasteiger partial charge in [-0.2, -0.15) is 11.3 Å². The van der Waals surface area contributed by atoms with E-state index in [1.54, 1.807) is 11.3 Å². The molecule has 0 saturated heterocycles. The molecule has 0 aliphatic rings. The van der Waals surface area contributed by atoms with Gasteiger partial charge in [0.15, 0.2) is 0 Å². The van der Waals surface area contributed by atoms with Gasteiger partial charge in [-0.3, -0.25) is 4.90 Å². The Morgan fingerprint density at radius 2 is 2.24 bits per heavy atom. The Balaban J connectivity index is 2.32. The third kappa shape index (κ3) is 7.45. The normalized spacial score (nSPS) is 13.2. The number of thiophene rings is 1. The van der Waals surface area contributed by atoms with Crippen LogP contribution in [0.3, 0.4) is 0 Å². The number of rotatable bonds is 7. The highest BCUT2D eigenvalue weighted by atomic mass is 32.1. The molecule has 1 amide bonds. The lowest BCUT2D eigenvalue weighted by molar-refractivity contribution is 0.0522. The molecule has 21 heavy (non-hydrogen) atoms. The molecule has 0 fully saturated rings. The minimum absolute atomic E-state index is 0.236. The minimum Gasteiger partial charge on any atom is -0.444 e. The van der Waals surface area contributed by atoms with Gasteiger partial charge < -0.3 is 15.8 Å². The summed E-state index contributed by atoms with van der Waals surface area (Å²) in [5.74, 6) is 0. The molecule has 0 aliphatic carbocycles. The molecule has 0 bridgehead atoms. The standard InChI is InChI=1S/C15H27N3O2S/c1-15(2,3)20-14(19)17-7-5-13(9-16)18(4)10-12-6-8-21-11-12/h6,8,11,13H,5,7,9-10,16H2,1-4H3,(H,17,19). The first-order valence-electron chi connectivity index (χ1n) is 7.20. The summed E-state index contributed by atoms with van der Waals surface area (Å²) in [6.07, 6.45) is 0.426. The van der Waals surface area contributed by atoms with Gasteiger partial charge in [0.2, 0.25) is 0 Å². The quantitative estimate of drug-likeness (QED) is 0.811. The van der Waals surface area contributed by atoms with Crippen LogP contribution in [0, 0.1) is 0 Å². The number of likely N-dealkylation sites (N-methyl/N-ethyl adjacent to an activating group) is 1. The molecular weight excluding hydrogens is 286 g/mol. The van der Waals surface area contributed by atoms with Crippen LogP contribution in [0.5, 0.6) is 0 Å². The smallest absolute Gasteiger partial charge is 0.407 e. The SMILES string of the molecule is CN(Cc1ccsc1)C(CN)CCNC(=O)OC(C)(C)C. The highest BCUT2D eigenvalue weighted by molar-refractivity contribution is 7.07. The van der Waals surface area contributed by atoms with Gasteiger partial charge >= 0.3 is 6.09 Å². The van der Waals surface area contributed by atoms with Gasteiger partial charge in [-0.1, -0.05) is 0 Å². The van der Waals surface area contributed by atoms with E-state index in [1.165, 1.54) is 5.56 Å². The second-order valence-corrected chi connectivity index (χ2v) is 6.93. The lowest BCUT2D eigenvalue weighted by Gasteiger charge is -2.27. The van der Waals surface area contributed by atoms with E-state index in [9.17, 15) is 4.79 Å². The number of nitrogens with zero attached hydrogens (tertiary/aromatic N) is 1. The van der Waals surface area contributed by atoms with Crippen LogP contribution in [0.25, 0.3) is 0 Å². The Morgan fingerprint density at radius 3 is 2.76 bits per heavy atom. The number of nitrogens with two attached hydrogens (primary N) is 1. The third-order valence-electron chi connectivity index (χ3n) is 3.05. The third-order valence-corrected chi connectivity index (χ3v) is 3.79. The summed E-state index contributed by atoms with van der Waals surface area (Å²) < 4.78 is 5.21. The van der Waals surface area contributed by atoms with Gasteiger partial charge in [-0.25, -0.2) is 4.79 Å². The predicted octanol–water partition coefficient (Wildman–Crippen LogP) is 2.42. The fourth-order valence-electron chi connectivity index (χ4n) is 1.97. The summed E-state index contributed by atoms with van der Waals surface area (Å²) in [4.78, 5) is 13.8. The monoisotopic (exact) mass is 313 g/mol. The fourth-order valence-corrected chi connectivity index (χ4v) is 2.63. The number of amides is 1. The van der Waals surface area contributed by atoms with Gasteiger partial charge in [-0.15, -0.1) is 0 Å². The number of alkyl carbamates (subject to hydrolysis) is 1. The molecule has 1 rings (SSSR count). The number of carbonyl (C=O) groups excluding carboxylic acids is 1. The second-order valence-electron chi connectivity index (χ2n) is 6.15. The molecular formula is C15H27N3O2S. The molecule has 1 heterocycles. The first-order chi connectivity index (χ1) is 9.81. The van der Waals surface area contributed by atoms with Crippen LogP contribution in [0.15, 0.2) is 16.8 Å². The topological polar surface area (TPSA) is 67.6 Å². The van der Waals surface area contributed by atoms with Crippen LogP contribution in [-0.2, 0) is 11.3 Å². The van der Waals surface area contributed by atoms with Crippen LogP contribution in [0.4, 0.5) is 4.79 Å². The zero-order chi connectivity index (χ0) is 15.9. The number of hydrogen-bond acceptors (Lipinski definition) is 5. The molecule has 1 aromatic rings. The van der Waals surface area contributed by atoms with Gasteiger partial charge in [0.1, 0.15) is 5.60 Å². The predicted molar refractivity (Wildman–Crippen MR) is 87.5 cm³/mol. The van der Waals surface area contributed by atoms with Crippen molar-refractivity contribution in [3.05, 3.63) is 22.4 Å². The van der Waals surface area contributed by atoms with Crippen molar-refractivity contribution in [2.45, 2.75) is 45.4 Å². The van der Waals surface area contributed by atoms with Gasteiger partial charge in [0.05, 0.1) is 0 Å². The molecule has 120 valence electrons. The van der Waals surface area contributed by atoms with E-state index in [2.05, 4.69) is 34.1 Å². The van der Waals surface area contributed by atoms with Crippen molar-refractivity contribution in [3.63, 3.8) is 0 Å². The summed E-state index contributed by atoms with van der Waals surface area (Å²) in [6, 6.07) is 2.35. The summed E-state index contributed by atoms with van der Waals surface area (Å²) in [5, 5.41) is 6.99. The largest absolute Gasteiger partial charge is 0.444 e. The summed E-state index contributed by atoms with van der Waals surface area (Å²) in [6.45, 7) is 7.55. The highest BCUT2D eigenvalue weighted by Gasteiger charge is 2.17. The molecule has 6 heteroatoms. The average molecular weight is 313 g/mol. The molecule has 1 atom stereocenters. The molecule has 0 spiro atoms. The molecule has 1 unspecified atom stereocenters. The Bertz CT molecular complexity index is 415. The molecule has 0 aromatic carbocycles. The Labute approximate surface area is 131 Å². The van der Waals surface area contributed by atoms with Crippen molar-refractivity contribution in [2.24, 2.45) is 5.73 Å². The Morgan fingerprint density at radius 1 is 1.52 bits per heavy atom. The number of carbonyl (C=O) groups is 1. The molecule has 5 nitrogen and oxygen atoms in total. The summed E-state index contributed by atoms with van der Waals surface area (Å²) in [5.41, 5.74) is 6.67. The van der Waals surface area contributed by atoms with Crippen molar-refractivity contribution in [2.75, 3.05) is 20.1 Å². The maximum atomic E-state index is 11.6. The van der Waals surface area contributed by atoms with Crippen molar-refractivity contribution in [1.82, 2.24) is 10.2 Å². The van der Waals surface area contributed by atoms with Crippen LogP contribution >= 0.6 is 11.3 Å². The lowest BCUT2D eigenvalue weighted by atomic mass is 10.1. The van der Waals surface area contributed by atoms with Gasteiger partial charge in [0, 0.05) is 25.7 Å². The minimum atomic E-state index is -0.465. The maximum absolute atomic E-state index is 11.6. The van der Waals surface area contributed by atoms with Crippen molar-refractivity contribution >= 4 is 17.4 Å². The van der Waals surface area contributed by atoms with Crippen LogP contribution < -0.4 is 11.1 Å². The van der Waals surface area contributed by atoms with E-state index >= 15 is 0 Å². The number of nitrogens with one attached hydrogen (secondary N) is 1. The average Bonchev–Trinajstić information content (AvgIpc) is 2.85. The van der Waals surface area contributed by atoms with Crippen LogP contribution in [-0.4, -0.2) is 42.8 Å². The zero-order valence-electron chi connectivity index (χ0n) is 13.4. The van der Waals surface area contributed by atoms with Crippen LogP contribution in [0.1, 0.15) is 32.8 Å². The first-order valence-corrected chi connectivity index (χ1v) is 8.14. The van der Waals surface area contributed by atoms with Gasteiger partial charge in [0.25, 0.3) is 0 Å². The molecule has 1 aromatic heterocycles. The van der Waals surface area contributed by atoms with E-state index in [4.69, 9.17) is 10.5 Å². The van der Waals surface area contributed by atoms with Gasteiger partial charge in [-0.05, 0) is 56.6 Å². The summed E-state index contributed by atoms with van der Waals surface area (Å²) in [7, 11) is 2.06. The molecule has 3 N–H and O–H groups in total. The number of ether oxygens (including phenoxy) is 1. The van der Waals surface area contributed by atoms with Crippen LogP contribution in [0.2, 0.25) is 0 Å². The Hall–Kier alpha value is -1.11. The number of hydrogen-bond donors (Lipinski definition) is 2. The second kappa shape index (κ2) is 8.36. The van der Waals surface area contributed by atoms with E-state index < -0.39 is 5.60 Å². The highest BCUT2D eigenvalue weighted by Crippen LogP contribution is 2.11. The zero-order valence-corrected chi connectivity index (χ0v) is 14.2. The molecule has 0 aliphatic heterocycles. The lowest BCUT2D eigenvalue weighted by Crippen LogP contribution is -2.41.